The molecule has 3 nitrogen and oxygen atoms in total. The summed E-state index contributed by atoms with van der Waals surface area (Å²) in [6, 6.07) is 1.95. The zero-order valence-corrected chi connectivity index (χ0v) is 13.2. The Morgan fingerprint density at radius 1 is 1.42 bits per heavy atom. The zero-order chi connectivity index (χ0) is 14.2. The van der Waals surface area contributed by atoms with Gasteiger partial charge in [0.1, 0.15) is 0 Å². The molecule has 2 aromatic rings. The Bertz CT molecular complexity index is 608. The highest BCUT2D eigenvalue weighted by atomic mass is 35.5. The second kappa shape index (κ2) is 5.47. The van der Waals surface area contributed by atoms with Crippen molar-refractivity contribution in [3.05, 3.63) is 37.8 Å². The summed E-state index contributed by atoms with van der Waals surface area (Å²) in [6.07, 6.45) is 0.312. The molecule has 0 radical (unpaired) electrons. The van der Waals surface area contributed by atoms with Crippen LogP contribution in [0.5, 0.6) is 0 Å². The van der Waals surface area contributed by atoms with Gasteiger partial charge in [-0.05, 0) is 39.3 Å². The first-order valence-corrected chi connectivity index (χ1v) is 7.45. The summed E-state index contributed by atoms with van der Waals surface area (Å²) in [5.74, 6) is 0.109. The standard InChI is InChI=1S/C14H17ClN2OS/c1-5-17-11(14(15)9(3)16-17)7-12(18)13-6-8(2)10(4)19-13/h6H,5,7H2,1-4H3. The van der Waals surface area contributed by atoms with Crippen LogP contribution in [-0.4, -0.2) is 15.6 Å². The number of ketones is 1. The molecule has 5 heteroatoms. The molecule has 0 aromatic carbocycles. The number of carbonyl (C=O) groups excluding carboxylic acids is 1. The quantitative estimate of drug-likeness (QED) is 0.800. The lowest BCUT2D eigenvalue weighted by molar-refractivity contribution is 0.0994. The van der Waals surface area contributed by atoms with Crippen LogP contribution in [0, 0.1) is 20.8 Å². The molecule has 0 N–H and O–H groups in total. The van der Waals surface area contributed by atoms with Gasteiger partial charge in [0, 0.05) is 11.4 Å². The van der Waals surface area contributed by atoms with E-state index in [1.54, 1.807) is 11.3 Å². The number of thiophene rings is 1. The first kappa shape index (κ1) is 14.3. The molecule has 0 fully saturated rings. The Balaban J connectivity index is 2.28. The molecular formula is C14H17ClN2OS. The fourth-order valence-electron chi connectivity index (χ4n) is 1.99. The summed E-state index contributed by atoms with van der Waals surface area (Å²) >= 11 is 7.77. The fraction of sp³-hybridized carbons (Fsp3) is 0.429. The third-order valence-electron chi connectivity index (χ3n) is 3.22. The van der Waals surface area contributed by atoms with Crippen molar-refractivity contribution in [1.82, 2.24) is 9.78 Å². The highest BCUT2D eigenvalue weighted by molar-refractivity contribution is 7.14. The third-order valence-corrected chi connectivity index (χ3v) is 4.91. The van der Waals surface area contributed by atoms with Gasteiger partial charge in [-0.3, -0.25) is 9.48 Å². The minimum Gasteiger partial charge on any atom is -0.293 e. The maximum atomic E-state index is 12.3. The van der Waals surface area contributed by atoms with Crippen molar-refractivity contribution in [3.63, 3.8) is 0 Å². The van der Waals surface area contributed by atoms with Gasteiger partial charge in [0.15, 0.2) is 5.78 Å². The smallest absolute Gasteiger partial charge is 0.178 e. The van der Waals surface area contributed by atoms with E-state index in [0.717, 1.165) is 22.8 Å². The maximum absolute atomic E-state index is 12.3. The Morgan fingerprint density at radius 3 is 2.63 bits per heavy atom. The molecule has 2 rings (SSSR count). The molecule has 19 heavy (non-hydrogen) atoms. The van der Waals surface area contributed by atoms with Crippen molar-refractivity contribution < 1.29 is 4.79 Å². The molecular weight excluding hydrogens is 280 g/mol. The number of nitrogens with zero attached hydrogens (tertiary/aromatic N) is 2. The largest absolute Gasteiger partial charge is 0.293 e. The van der Waals surface area contributed by atoms with Crippen molar-refractivity contribution in [2.45, 2.75) is 40.7 Å². The van der Waals surface area contributed by atoms with E-state index in [-0.39, 0.29) is 5.78 Å². The molecule has 0 saturated carbocycles. The van der Waals surface area contributed by atoms with Crippen molar-refractivity contribution >= 4 is 28.7 Å². The lowest BCUT2D eigenvalue weighted by atomic mass is 10.1. The molecule has 102 valence electrons. The fourth-order valence-corrected chi connectivity index (χ4v) is 3.16. The van der Waals surface area contributed by atoms with Gasteiger partial charge < -0.3 is 0 Å². The number of hydrogen-bond acceptors (Lipinski definition) is 3. The highest BCUT2D eigenvalue weighted by Crippen LogP contribution is 2.25. The number of hydrogen-bond donors (Lipinski definition) is 0. The van der Waals surface area contributed by atoms with Gasteiger partial charge in [-0.15, -0.1) is 11.3 Å². The van der Waals surface area contributed by atoms with Gasteiger partial charge in [-0.1, -0.05) is 11.6 Å². The van der Waals surface area contributed by atoms with Crippen LogP contribution in [0.15, 0.2) is 6.07 Å². The molecule has 0 spiro atoms. The van der Waals surface area contributed by atoms with E-state index in [9.17, 15) is 4.79 Å². The first-order valence-electron chi connectivity index (χ1n) is 6.26. The highest BCUT2D eigenvalue weighted by Gasteiger charge is 2.18. The molecule has 0 aliphatic heterocycles. The average molecular weight is 297 g/mol. The summed E-state index contributed by atoms with van der Waals surface area (Å²) in [6.45, 7) is 8.64. The monoisotopic (exact) mass is 296 g/mol. The van der Waals surface area contributed by atoms with Crippen LogP contribution < -0.4 is 0 Å². The second-order valence-electron chi connectivity index (χ2n) is 4.61. The predicted octanol–water partition coefficient (Wildman–Crippen LogP) is 3.97. The minimum absolute atomic E-state index is 0.109. The molecule has 0 aliphatic rings. The average Bonchev–Trinajstić information content (AvgIpc) is 2.84. The third kappa shape index (κ3) is 2.74. The van der Waals surface area contributed by atoms with Crippen LogP contribution in [0.2, 0.25) is 5.02 Å². The van der Waals surface area contributed by atoms with E-state index in [1.165, 1.54) is 10.4 Å². The number of Topliss-reactive ketones (excluding diaryl/α,β-unsaturated/α-hetero) is 1. The lowest BCUT2D eigenvalue weighted by Gasteiger charge is -2.03. The van der Waals surface area contributed by atoms with Crippen LogP contribution >= 0.6 is 22.9 Å². The van der Waals surface area contributed by atoms with E-state index in [1.807, 2.05) is 38.4 Å². The zero-order valence-electron chi connectivity index (χ0n) is 11.6. The van der Waals surface area contributed by atoms with E-state index >= 15 is 0 Å². The van der Waals surface area contributed by atoms with Crippen molar-refractivity contribution in [2.75, 3.05) is 0 Å². The number of aromatic nitrogens is 2. The maximum Gasteiger partial charge on any atom is 0.178 e. The number of halogens is 1. The van der Waals surface area contributed by atoms with E-state index in [4.69, 9.17) is 11.6 Å². The van der Waals surface area contributed by atoms with Crippen molar-refractivity contribution in [3.8, 4) is 0 Å². The van der Waals surface area contributed by atoms with Crippen LogP contribution in [0.25, 0.3) is 0 Å². The Morgan fingerprint density at radius 2 is 2.11 bits per heavy atom. The molecule has 0 amide bonds. The molecule has 2 heterocycles. The molecule has 0 aliphatic carbocycles. The molecule has 0 bridgehead atoms. The van der Waals surface area contributed by atoms with Gasteiger partial charge in [-0.25, -0.2) is 0 Å². The molecule has 0 atom stereocenters. The second-order valence-corrected chi connectivity index (χ2v) is 6.25. The lowest BCUT2D eigenvalue weighted by Crippen LogP contribution is -2.09. The topological polar surface area (TPSA) is 34.9 Å². The van der Waals surface area contributed by atoms with Gasteiger partial charge in [-0.2, -0.15) is 5.10 Å². The van der Waals surface area contributed by atoms with Crippen LogP contribution in [0.3, 0.4) is 0 Å². The Hall–Kier alpha value is -1.13. The molecule has 0 saturated heterocycles. The molecule has 2 aromatic heterocycles. The van der Waals surface area contributed by atoms with Gasteiger partial charge in [0.25, 0.3) is 0 Å². The minimum atomic E-state index is 0.109. The van der Waals surface area contributed by atoms with Crippen LogP contribution in [-0.2, 0) is 13.0 Å². The number of rotatable bonds is 4. The van der Waals surface area contributed by atoms with E-state index in [2.05, 4.69) is 5.10 Å². The Kier molecular flexibility index (Phi) is 4.11. The van der Waals surface area contributed by atoms with Crippen LogP contribution in [0.1, 0.15) is 38.4 Å². The van der Waals surface area contributed by atoms with E-state index < -0.39 is 0 Å². The first-order chi connectivity index (χ1) is 8.93. The SMILES string of the molecule is CCn1nc(C)c(Cl)c1CC(=O)c1cc(C)c(C)s1. The van der Waals surface area contributed by atoms with Crippen molar-refractivity contribution in [1.29, 1.82) is 0 Å². The predicted molar refractivity (Wildman–Crippen MR) is 79.5 cm³/mol. The number of aryl methyl sites for hydroxylation is 4. The van der Waals surface area contributed by atoms with Gasteiger partial charge in [0.2, 0.25) is 0 Å². The van der Waals surface area contributed by atoms with Crippen LogP contribution in [0.4, 0.5) is 0 Å². The summed E-state index contributed by atoms with van der Waals surface area (Å²) in [4.78, 5) is 14.3. The number of carbonyl (C=O) groups is 1. The summed E-state index contributed by atoms with van der Waals surface area (Å²) in [7, 11) is 0. The van der Waals surface area contributed by atoms with E-state index in [0.29, 0.717) is 11.4 Å². The van der Waals surface area contributed by atoms with Gasteiger partial charge in [0.05, 0.1) is 27.7 Å². The van der Waals surface area contributed by atoms with Crippen molar-refractivity contribution in [2.24, 2.45) is 0 Å². The summed E-state index contributed by atoms with van der Waals surface area (Å²) < 4.78 is 1.81. The summed E-state index contributed by atoms with van der Waals surface area (Å²) in [5, 5.41) is 4.95. The summed E-state index contributed by atoms with van der Waals surface area (Å²) in [5.41, 5.74) is 2.76. The Labute approximate surface area is 122 Å². The van der Waals surface area contributed by atoms with Gasteiger partial charge >= 0.3 is 0 Å². The normalized spacial score (nSPS) is 11.0. The molecule has 0 unspecified atom stereocenters.